The van der Waals surface area contributed by atoms with Crippen LogP contribution in [0.1, 0.15) is 34.3 Å². The predicted octanol–water partition coefficient (Wildman–Crippen LogP) is 2.43. The fourth-order valence-corrected chi connectivity index (χ4v) is 2.92. The van der Waals surface area contributed by atoms with Crippen LogP contribution in [0.2, 0.25) is 0 Å². The van der Waals surface area contributed by atoms with E-state index in [2.05, 4.69) is 17.2 Å². The number of aromatic nitrogens is 2. The Hall–Kier alpha value is -2.14. The Kier molecular flexibility index (Phi) is 3.75. The van der Waals surface area contributed by atoms with E-state index in [0.29, 0.717) is 17.1 Å². The van der Waals surface area contributed by atoms with Crippen molar-refractivity contribution in [1.29, 1.82) is 0 Å². The van der Waals surface area contributed by atoms with E-state index < -0.39 is 0 Å². The van der Waals surface area contributed by atoms with Crippen molar-refractivity contribution in [1.82, 2.24) is 9.78 Å². The van der Waals surface area contributed by atoms with E-state index in [1.54, 1.807) is 7.11 Å². The summed E-state index contributed by atoms with van der Waals surface area (Å²) in [6.45, 7) is 0.234. The highest BCUT2D eigenvalue weighted by molar-refractivity contribution is 5.91. The van der Waals surface area contributed by atoms with E-state index in [9.17, 15) is 4.79 Å². The topological polar surface area (TPSA) is 70.1 Å². The van der Waals surface area contributed by atoms with Gasteiger partial charge in [-0.05, 0) is 42.9 Å². The van der Waals surface area contributed by atoms with Crippen LogP contribution in [-0.4, -0.2) is 23.2 Å². The standard InChI is InChI=1S/C16H19N3O2/c1-21-10-19-16(17)14(9-20)15(18-19)13-7-6-11-4-2-3-5-12(11)8-13/h6-9H,2-5,10,17H2,1H3. The van der Waals surface area contributed by atoms with Gasteiger partial charge in [-0.15, -0.1) is 0 Å². The highest BCUT2D eigenvalue weighted by Crippen LogP contribution is 2.30. The number of carbonyl (C=O) groups is 1. The van der Waals surface area contributed by atoms with Gasteiger partial charge in [0.2, 0.25) is 0 Å². The Morgan fingerprint density at radius 3 is 2.81 bits per heavy atom. The van der Waals surface area contributed by atoms with Crippen LogP contribution in [0.3, 0.4) is 0 Å². The number of anilines is 1. The number of hydrogen-bond acceptors (Lipinski definition) is 4. The van der Waals surface area contributed by atoms with Crippen LogP contribution >= 0.6 is 0 Å². The lowest BCUT2D eigenvalue weighted by molar-refractivity contribution is 0.112. The molecule has 0 amide bonds. The average Bonchev–Trinajstić information content (AvgIpc) is 2.83. The highest BCUT2D eigenvalue weighted by Gasteiger charge is 2.18. The summed E-state index contributed by atoms with van der Waals surface area (Å²) in [6, 6.07) is 6.31. The Morgan fingerprint density at radius 1 is 1.33 bits per heavy atom. The third-order valence-electron chi connectivity index (χ3n) is 4.02. The molecule has 0 unspecified atom stereocenters. The van der Waals surface area contributed by atoms with Crippen molar-refractivity contribution in [2.24, 2.45) is 0 Å². The van der Waals surface area contributed by atoms with Gasteiger partial charge >= 0.3 is 0 Å². The Bertz CT molecular complexity index is 676. The van der Waals surface area contributed by atoms with E-state index in [1.807, 2.05) is 6.07 Å². The molecule has 0 atom stereocenters. The molecular weight excluding hydrogens is 266 g/mol. The van der Waals surface area contributed by atoms with Gasteiger partial charge in [0.15, 0.2) is 6.29 Å². The van der Waals surface area contributed by atoms with Gasteiger partial charge in [0.25, 0.3) is 0 Å². The fraction of sp³-hybridized carbons (Fsp3) is 0.375. The SMILES string of the molecule is COCn1nc(-c2ccc3c(c2)CCCC3)c(C=O)c1N. The molecule has 0 saturated heterocycles. The first kappa shape index (κ1) is 13.8. The molecule has 0 bridgehead atoms. The van der Waals surface area contributed by atoms with E-state index in [-0.39, 0.29) is 6.73 Å². The first-order chi connectivity index (χ1) is 10.2. The van der Waals surface area contributed by atoms with Crippen molar-refractivity contribution in [2.75, 3.05) is 12.8 Å². The molecule has 0 aliphatic heterocycles. The van der Waals surface area contributed by atoms with Crippen LogP contribution in [0, 0.1) is 0 Å². The smallest absolute Gasteiger partial charge is 0.156 e. The van der Waals surface area contributed by atoms with Gasteiger partial charge in [-0.1, -0.05) is 12.1 Å². The summed E-state index contributed by atoms with van der Waals surface area (Å²) < 4.78 is 6.56. The maximum Gasteiger partial charge on any atom is 0.156 e. The number of benzene rings is 1. The van der Waals surface area contributed by atoms with Crippen LogP contribution in [-0.2, 0) is 24.3 Å². The quantitative estimate of drug-likeness (QED) is 0.876. The summed E-state index contributed by atoms with van der Waals surface area (Å²) in [5, 5.41) is 4.42. The third kappa shape index (κ3) is 2.45. The number of aldehydes is 1. The minimum absolute atomic E-state index is 0.234. The lowest BCUT2D eigenvalue weighted by Gasteiger charge is -2.16. The number of hydrogen-bond donors (Lipinski definition) is 1. The zero-order chi connectivity index (χ0) is 14.8. The number of carbonyl (C=O) groups excluding carboxylic acids is 1. The lowest BCUT2D eigenvalue weighted by Crippen LogP contribution is -2.06. The molecule has 1 aliphatic rings. The number of nitrogens with zero attached hydrogens (tertiary/aromatic N) is 2. The molecule has 5 heteroatoms. The maximum atomic E-state index is 11.4. The first-order valence-electron chi connectivity index (χ1n) is 7.17. The maximum absolute atomic E-state index is 11.4. The molecule has 0 spiro atoms. The molecule has 1 aromatic heterocycles. The Labute approximate surface area is 123 Å². The summed E-state index contributed by atoms with van der Waals surface area (Å²) in [6.07, 6.45) is 5.46. The highest BCUT2D eigenvalue weighted by atomic mass is 16.5. The molecule has 110 valence electrons. The minimum Gasteiger partial charge on any atom is -0.383 e. The molecule has 2 N–H and O–H groups in total. The van der Waals surface area contributed by atoms with Gasteiger partial charge in [0, 0.05) is 12.7 Å². The zero-order valence-electron chi connectivity index (χ0n) is 12.1. The number of methoxy groups -OCH3 is 1. The van der Waals surface area contributed by atoms with Gasteiger partial charge in [-0.2, -0.15) is 5.10 Å². The predicted molar refractivity (Wildman–Crippen MR) is 81.1 cm³/mol. The molecule has 3 rings (SSSR count). The molecule has 1 aromatic carbocycles. The lowest BCUT2D eigenvalue weighted by atomic mass is 9.89. The van der Waals surface area contributed by atoms with Gasteiger partial charge < -0.3 is 10.5 Å². The molecule has 2 aromatic rings. The van der Waals surface area contributed by atoms with Gasteiger partial charge in [0.1, 0.15) is 18.2 Å². The molecule has 1 aliphatic carbocycles. The first-order valence-corrected chi connectivity index (χ1v) is 7.17. The summed E-state index contributed by atoms with van der Waals surface area (Å²) in [5.74, 6) is 0.347. The number of nitrogen functional groups attached to an aromatic ring is 1. The minimum atomic E-state index is 0.234. The second-order valence-corrected chi connectivity index (χ2v) is 5.37. The monoisotopic (exact) mass is 285 g/mol. The number of ether oxygens (including phenoxy) is 1. The second-order valence-electron chi connectivity index (χ2n) is 5.37. The second kappa shape index (κ2) is 5.69. The molecule has 21 heavy (non-hydrogen) atoms. The van der Waals surface area contributed by atoms with E-state index in [0.717, 1.165) is 24.7 Å². The van der Waals surface area contributed by atoms with Gasteiger partial charge in [-0.3, -0.25) is 4.79 Å². The van der Waals surface area contributed by atoms with Crippen molar-refractivity contribution in [3.05, 3.63) is 34.9 Å². The molecule has 5 nitrogen and oxygen atoms in total. The summed E-state index contributed by atoms with van der Waals surface area (Å²) in [7, 11) is 1.57. The molecule has 1 heterocycles. The van der Waals surface area contributed by atoms with E-state index in [1.165, 1.54) is 28.7 Å². The Morgan fingerprint density at radius 2 is 2.10 bits per heavy atom. The molecule has 0 saturated carbocycles. The largest absolute Gasteiger partial charge is 0.383 e. The fourth-order valence-electron chi connectivity index (χ4n) is 2.92. The van der Waals surface area contributed by atoms with Crippen molar-refractivity contribution in [2.45, 2.75) is 32.4 Å². The molecular formula is C16H19N3O2. The van der Waals surface area contributed by atoms with Crippen LogP contribution in [0.4, 0.5) is 5.82 Å². The van der Waals surface area contributed by atoms with E-state index in [4.69, 9.17) is 10.5 Å². The van der Waals surface area contributed by atoms with Crippen molar-refractivity contribution < 1.29 is 9.53 Å². The number of fused-ring (bicyclic) bond motifs is 1. The average molecular weight is 285 g/mol. The summed E-state index contributed by atoms with van der Waals surface area (Å²) >= 11 is 0. The van der Waals surface area contributed by atoms with E-state index >= 15 is 0 Å². The number of nitrogens with two attached hydrogens (primary N) is 1. The summed E-state index contributed by atoms with van der Waals surface area (Å²) in [4.78, 5) is 11.4. The molecule has 0 fully saturated rings. The zero-order valence-corrected chi connectivity index (χ0v) is 12.1. The number of rotatable bonds is 4. The number of aryl methyl sites for hydroxylation is 2. The van der Waals surface area contributed by atoms with Crippen LogP contribution in [0.5, 0.6) is 0 Å². The molecule has 0 radical (unpaired) electrons. The van der Waals surface area contributed by atoms with Crippen LogP contribution in [0.15, 0.2) is 18.2 Å². The van der Waals surface area contributed by atoms with Crippen molar-refractivity contribution in [3.63, 3.8) is 0 Å². The van der Waals surface area contributed by atoms with Crippen molar-refractivity contribution in [3.8, 4) is 11.3 Å². The van der Waals surface area contributed by atoms with Crippen molar-refractivity contribution >= 4 is 12.1 Å². The summed E-state index contributed by atoms with van der Waals surface area (Å²) in [5.41, 5.74) is 10.7. The van der Waals surface area contributed by atoms with Crippen LogP contribution in [0.25, 0.3) is 11.3 Å². The van der Waals surface area contributed by atoms with Gasteiger partial charge in [0.05, 0.1) is 5.56 Å². The van der Waals surface area contributed by atoms with Gasteiger partial charge in [-0.25, -0.2) is 4.68 Å². The Balaban J connectivity index is 2.07. The van der Waals surface area contributed by atoms with Crippen LogP contribution < -0.4 is 5.73 Å². The third-order valence-corrected chi connectivity index (χ3v) is 4.02. The normalized spacial score (nSPS) is 14.0.